The summed E-state index contributed by atoms with van der Waals surface area (Å²) in [5, 5.41) is 2.02. The van der Waals surface area contributed by atoms with E-state index in [9.17, 15) is 9.59 Å². The molecule has 1 fully saturated rings. The van der Waals surface area contributed by atoms with E-state index < -0.39 is 0 Å². The van der Waals surface area contributed by atoms with Gasteiger partial charge in [-0.25, -0.2) is 0 Å². The number of rotatable bonds is 10. The van der Waals surface area contributed by atoms with Gasteiger partial charge in [-0.15, -0.1) is 11.3 Å². The first-order valence-electron chi connectivity index (χ1n) is 10.6. The molecule has 1 aromatic carbocycles. The Kier molecular flexibility index (Phi) is 6.57. The van der Waals surface area contributed by atoms with Crippen molar-refractivity contribution in [3.8, 4) is 11.5 Å². The molecular formula is C23H28N2O4S. The zero-order valence-corrected chi connectivity index (χ0v) is 18.2. The highest BCUT2D eigenvalue weighted by Crippen LogP contribution is 2.33. The summed E-state index contributed by atoms with van der Waals surface area (Å²) in [6, 6.07) is 10.0. The summed E-state index contributed by atoms with van der Waals surface area (Å²) in [5.41, 5.74) is 0.986. The molecule has 1 aliphatic carbocycles. The molecule has 0 N–H and O–H groups in total. The maximum atomic E-state index is 13.3. The Morgan fingerprint density at radius 1 is 1.10 bits per heavy atom. The molecule has 0 unspecified atom stereocenters. The Labute approximate surface area is 181 Å². The van der Waals surface area contributed by atoms with E-state index in [0.29, 0.717) is 25.3 Å². The van der Waals surface area contributed by atoms with E-state index in [1.165, 1.54) is 0 Å². The minimum atomic E-state index is -0.0159. The third-order valence-corrected chi connectivity index (χ3v) is 6.31. The number of fused-ring (bicyclic) bond motifs is 1. The summed E-state index contributed by atoms with van der Waals surface area (Å²) >= 11 is 1.64. The van der Waals surface area contributed by atoms with E-state index in [2.05, 4.69) is 6.92 Å². The van der Waals surface area contributed by atoms with Crippen molar-refractivity contribution in [1.82, 2.24) is 9.80 Å². The fourth-order valence-electron chi connectivity index (χ4n) is 3.61. The molecule has 160 valence electrons. The highest BCUT2D eigenvalue weighted by Gasteiger charge is 2.34. The molecule has 2 amide bonds. The molecule has 2 heterocycles. The number of benzene rings is 1. The molecule has 0 saturated heterocycles. The topological polar surface area (TPSA) is 59.1 Å². The molecule has 1 aromatic heterocycles. The predicted molar refractivity (Wildman–Crippen MR) is 115 cm³/mol. The van der Waals surface area contributed by atoms with Crippen molar-refractivity contribution >= 4 is 23.2 Å². The SMILES string of the molecule is CCCCC(=O)N(CC(=O)N(Cc1ccc2c(c1)OCO2)Cc1cccs1)C1CC1. The van der Waals surface area contributed by atoms with E-state index in [0.717, 1.165) is 41.9 Å². The number of thiophene rings is 1. The molecule has 0 radical (unpaired) electrons. The Morgan fingerprint density at radius 3 is 2.67 bits per heavy atom. The summed E-state index contributed by atoms with van der Waals surface area (Å²) in [7, 11) is 0. The fraction of sp³-hybridized carbons (Fsp3) is 0.478. The summed E-state index contributed by atoms with van der Waals surface area (Å²) in [6.45, 7) is 3.46. The van der Waals surface area contributed by atoms with Crippen LogP contribution in [0.25, 0.3) is 0 Å². The highest BCUT2D eigenvalue weighted by atomic mass is 32.1. The number of carbonyl (C=O) groups is 2. The molecule has 4 rings (SSSR count). The van der Waals surface area contributed by atoms with E-state index >= 15 is 0 Å². The van der Waals surface area contributed by atoms with Gasteiger partial charge in [-0.2, -0.15) is 0 Å². The van der Waals surface area contributed by atoms with Crippen molar-refractivity contribution in [2.45, 2.75) is 58.2 Å². The second kappa shape index (κ2) is 9.51. The Hall–Kier alpha value is -2.54. The summed E-state index contributed by atoms with van der Waals surface area (Å²) in [5.74, 6) is 1.53. The number of unbranched alkanes of at least 4 members (excludes halogenated alkanes) is 1. The Morgan fingerprint density at radius 2 is 1.93 bits per heavy atom. The molecule has 6 nitrogen and oxygen atoms in total. The maximum absolute atomic E-state index is 13.3. The Balaban J connectivity index is 1.48. The van der Waals surface area contributed by atoms with Crippen LogP contribution in [0.1, 0.15) is 49.5 Å². The third-order valence-electron chi connectivity index (χ3n) is 5.45. The van der Waals surface area contributed by atoms with Crippen LogP contribution in [-0.2, 0) is 22.7 Å². The average Bonchev–Trinajstić information content (AvgIpc) is 3.24. The lowest BCUT2D eigenvalue weighted by molar-refractivity contribution is -0.141. The van der Waals surface area contributed by atoms with Crippen LogP contribution in [0.4, 0.5) is 0 Å². The minimum absolute atomic E-state index is 0.0159. The van der Waals surface area contributed by atoms with Gasteiger partial charge in [0.05, 0.1) is 6.54 Å². The molecular weight excluding hydrogens is 400 g/mol. The van der Waals surface area contributed by atoms with Gasteiger partial charge in [0.15, 0.2) is 11.5 Å². The highest BCUT2D eigenvalue weighted by molar-refractivity contribution is 7.09. The minimum Gasteiger partial charge on any atom is -0.454 e. The standard InChI is InChI=1S/C23H28N2O4S/c1-2-3-6-22(26)25(18-8-9-18)15-23(27)24(14-19-5-4-11-30-19)13-17-7-10-20-21(12-17)29-16-28-20/h4-5,7,10-12,18H,2-3,6,8-9,13-16H2,1H3. The van der Waals surface area contributed by atoms with Crippen molar-refractivity contribution in [2.24, 2.45) is 0 Å². The number of nitrogens with zero attached hydrogens (tertiary/aromatic N) is 2. The molecule has 7 heteroatoms. The largest absolute Gasteiger partial charge is 0.454 e. The first-order valence-corrected chi connectivity index (χ1v) is 11.5. The normalized spacial score (nSPS) is 14.6. The van der Waals surface area contributed by atoms with Crippen LogP contribution in [0.3, 0.4) is 0 Å². The maximum Gasteiger partial charge on any atom is 0.242 e. The van der Waals surface area contributed by atoms with Gasteiger partial charge in [0.25, 0.3) is 0 Å². The number of carbonyl (C=O) groups excluding carboxylic acids is 2. The monoisotopic (exact) mass is 428 g/mol. The van der Waals surface area contributed by atoms with Crippen LogP contribution in [-0.4, -0.2) is 41.0 Å². The van der Waals surface area contributed by atoms with Gasteiger partial charge in [0, 0.05) is 23.9 Å². The summed E-state index contributed by atoms with van der Waals surface area (Å²) < 4.78 is 10.9. The van der Waals surface area contributed by atoms with E-state index in [4.69, 9.17) is 9.47 Å². The van der Waals surface area contributed by atoms with Crippen molar-refractivity contribution in [3.05, 3.63) is 46.2 Å². The second-order valence-corrected chi connectivity index (χ2v) is 8.91. The number of ether oxygens (including phenoxy) is 2. The van der Waals surface area contributed by atoms with Crippen molar-refractivity contribution in [2.75, 3.05) is 13.3 Å². The number of hydrogen-bond acceptors (Lipinski definition) is 5. The first-order chi connectivity index (χ1) is 14.6. The van der Waals surface area contributed by atoms with Crippen LogP contribution in [0.15, 0.2) is 35.7 Å². The molecule has 1 saturated carbocycles. The summed E-state index contributed by atoms with van der Waals surface area (Å²) in [6.07, 6.45) is 4.36. The number of amides is 2. The van der Waals surface area contributed by atoms with Gasteiger partial charge in [-0.05, 0) is 48.4 Å². The Bertz CT molecular complexity index is 879. The zero-order chi connectivity index (χ0) is 20.9. The van der Waals surface area contributed by atoms with Crippen LogP contribution in [0.5, 0.6) is 11.5 Å². The quantitative estimate of drug-likeness (QED) is 0.569. The van der Waals surface area contributed by atoms with Crippen LogP contribution >= 0.6 is 11.3 Å². The smallest absolute Gasteiger partial charge is 0.242 e. The van der Waals surface area contributed by atoms with Gasteiger partial charge < -0.3 is 19.3 Å². The fourth-order valence-corrected chi connectivity index (χ4v) is 4.33. The van der Waals surface area contributed by atoms with E-state index in [1.54, 1.807) is 16.2 Å². The molecule has 30 heavy (non-hydrogen) atoms. The first kappa shape index (κ1) is 20.7. The lowest BCUT2D eigenvalue weighted by Crippen LogP contribution is -2.43. The zero-order valence-electron chi connectivity index (χ0n) is 17.3. The molecule has 1 aliphatic heterocycles. The van der Waals surface area contributed by atoms with Gasteiger partial charge >= 0.3 is 0 Å². The molecule has 0 atom stereocenters. The molecule has 0 spiro atoms. The summed E-state index contributed by atoms with van der Waals surface area (Å²) in [4.78, 5) is 30.7. The second-order valence-electron chi connectivity index (χ2n) is 7.87. The molecule has 2 aliphatic rings. The predicted octanol–water partition coefficient (Wildman–Crippen LogP) is 4.19. The number of hydrogen-bond donors (Lipinski definition) is 0. The van der Waals surface area contributed by atoms with E-state index in [1.807, 2.05) is 40.6 Å². The van der Waals surface area contributed by atoms with Gasteiger partial charge in [0.2, 0.25) is 18.6 Å². The van der Waals surface area contributed by atoms with Crippen LogP contribution < -0.4 is 9.47 Å². The molecule has 2 aromatic rings. The average molecular weight is 429 g/mol. The van der Waals surface area contributed by atoms with Crippen molar-refractivity contribution in [3.63, 3.8) is 0 Å². The lowest BCUT2D eigenvalue weighted by Gasteiger charge is -2.28. The van der Waals surface area contributed by atoms with Gasteiger partial charge in [-0.1, -0.05) is 25.5 Å². The van der Waals surface area contributed by atoms with Gasteiger partial charge in [0.1, 0.15) is 6.54 Å². The lowest BCUT2D eigenvalue weighted by atomic mass is 10.1. The van der Waals surface area contributed by atoms with E-state index in [-0.39, 0.29) is 31.2 Å². The van der Waals surface area contributed by atoms with Crippen molar-refractivity contribution in [1.29, 1.82) is 0 Å². The van der Waals surface area contributed by atoms with Crippen LogP contribution in [0, 0.1) is 0 Å². The molecule has 0 bridgehead atoms. The van der Waals surface area contributed by atoms with Crippen LogP contribution in [0.2, 0.25) is 0 Å². The van der Waals surface area contributed by atoms with Crippen molar-refractivity contribution < 1.29 is 19.1 Å². The van der Waals surface area contributed by atoms with Gasteiger partial charge in [-0.3, -0.25) is 9.59 Å². The third kappa shape index (κ3) is 5.14.